The van der Waals surface area contributed by atoms with Gasteiger partial charge in [0, 0.05) is 45.7 Å². The lowest BCUT2D eigenvalue weighted by Gasteiger charge is -2.32. The number of nitrogens with zero attached hydrogens (tertiary/aromatic N) is 1. The first-order valence-corrected chi connectivity index (χ1v) is 11.7. The minimum atomic E-state index is -0.807. The van der Waals surface area contributed by atoms with Gasteiger partial charge in [-0.2, -0.15) is 0 Å². The molecule has 3 aromatic rings. The van der Waals surface area contributed by atoms with E-state index >= 15 is 0 Å². The van der Waals surface area contributed by atoms with Gasteiger partial charge in [-0.25, -0.2) is 0 Å². The van der Waals surface area contributed by atoms with Gasteiger partial charge in [0.1, 0.15) is 6.04 Å². The molecule has 8 heteroatoms. The van der Waals surface area contributed by atoms with Crippen molar-refractivity contribution in [1.29, 1.82) is 0 Å². The molecule has 0 aliphatic heterocycles. The van der Waals surface area contributed by atoms with Crippen LogP contribution in [0.1, 0.15) is 16.7 Å². The molecule has 0 fully saturated rings. The van der Waals surface area contributed by atoms with Crippen LogP contribution in [0.25, 0.3) is 0 Å². The normalized spacial score (nSPS) is 11.7. The molecule has 0 spiro atoms. The zero-order valence-corrected chi connectivity index (χ0v) is 20.8. The van der Waals surface area contributed by atoms with Crippen molar-refractivity contribution >= 4 is 58.2 Å². The van der Waals surface area contributed by atoms with Crippen molar-refractivity contribution in [2.24, 2.45) is 0 Å². The number of rotatable bonds is 8. The molecule has 33 heavy (non-hydrogen) atoms. The number of halogens is 4. The van der Waals surface area contributed by atoms with E-state index in [0.717, 1.165) is 5.56 Å². The summed E-state index contributed by atoms with van der Waals surface area (Å²) in [5.74, 6) is -0.633. The fourth-order valence-electron chi connectivity index (χ4n) is 3.53. The van der Waals surface area contributed by atoms with E-state index in [-0.39, 0.29) is 24.8 Å². The van der Waals surface area contributed by atoms with Gasteiger partial charge in [0.2, 0.25) is 11.8 Å². The molecule has 0 saturated carbocycles. The summed E-state index contributed by atoms with van der Waals surface area (Å²) in [5.41, 5.74) is 1.96. The summed E-state index contributed by atoms with van der Waals surface area (Å²) in [4.78, 5) is 28.1. The van der Waals surface area contributed by atoms with E-state index in [1.807, 2.05) is 30.3 Å². The van der Waals surface area contributed by atoms with E-state index in [1.54, 1.807) is 36.4 Å². The van der Waals surface area contributed by atoms with Crippen molar-refractivity contribution < 1.29 is 9.59 Å². The van der Waals surface area contributed by atoms with Crippen LogP contribution in [0.15, 0.2) is 66.7 Å². The van der Waals surface area contributed by atoms with Crippen molar-refractivity contribution in [3.05, 3.63) is 104 Å². The topological polar surface area (TPSA) is 49.4 Å². The van der Waals surface area contributed by atoms with Gasteiger partial charge in [-0.1, -0.05) is 88.9 Å². The molecule has 0 aliphatic rings. The third-order valence-electron chi connectivity index (χ3n) is 5.30. The molecule has 3 aromatic carbocycles. The molecule has 0 bridgehead atoms. The van der Waals surface area contributed by atoms with Gasteiger partial charge in [-0.05, 0) is 35.4 Å². The molecule has 0 radical (unpaired) electrons. The maximum absolute atomic E-state index is 13.6. The molecule has 0 saturated heterocycles. The van der Waals surface area contributed by atoms with Crippen LogP contribution in [0.2, 0.25) is 20.1 Å². The Bertz CT molecular complexity index is 1100. The highest BCUT2D eigenvalue weighted by Crippen LogP contribution is 2.29. The van der Waals surface area contributed by atoms with Crippen LogP contribution < -0.4 is 5.32 Å². The molecule has 1 unspecified atom stereocenters. The first kappa shape index (κ1) is 25.4. The Morgan fingerprint density at radius 3 is 1.82 bits per heavy atom. The van der Waals surface area contributed by atoms with Crippen LogP contribution in [-0.4, -0.2) is 29.8 Å². The van der Waals surface area contributed by atoms with E-state index in [1.165, 1.54) is 11.9 Å². The van der Waals surface area contributed by atoms with Crippen molar-refractivity contribution in [2.45, 2.75) is 25.4 Å². The number of carbonyl (C=O) groups is 2. The maximum atomic E-state index is 13.6. The van der Waals surface area contributed by atoms with Crippen LogP contribution in [0.5, 0.6) is 0 Å². The van der Waals surface area contributed by atoms with E-state index in [0.29, 0.717) is 37.6 Å². The third kappa shape index (κ3) is 6.42. The molecule has 1 N–H and O–H groups in total. The summed E-state index contributed by atoms with van der Waals surface area (Å²) in [6.07, 6.45) is 0.230. The minimum Gasteiger partial charge on any atom is -0.357 e. The van der Waals surface area contributed by atoms with E-state index in [2.05, 4.69) is 5.32 Å². The Kier molecular flexibility index (Phi) is 9.04. The Morgan fingerprint density at radius 2 is 1.30 bits per heavy atom. The summed E-state index contributed by atoms with van der Waals surface area (Å²) >= 11 is 25.4. The van der Waals surface area contributed by atoms with Crippen LogP contribution in [0.4, 0.5) is 0 Å². The van der Waals surface area contributed by atoms with E-state index < -0.39 is 6.04 Å². The predicted molar refractivity (Wildman–Crippen MR) is 135 cm³/mol. The second-order valence-electron chi connectivity index (χ2n) is 7.42. The van der Waals surface area contributed by atoms with Crippen LogP contribution in [-0.2, 0) is 29.0 Å². The highest BCUT2D eigenvalue weighted by molar-refractivity contribution is 6.36. The van der Waals surface area contributed by atoms with Gasteiger partial charge in [-0.15, -0.1) is 0 Å². The number of hydrogen-bond donors (Lipinski definition) is 1. The molecule has 4 nitrogen and oxygen atoms in total. The van der Waals surface area contributed by atoms with Crippen LogP contribution >= 0.6 is 46.4 Å². The van der Waals surface area contributed by atoms with Crippen LogP contribution in [0, 0.1) is 0 Å². The van der Waals surface area contributed by atoms with Gasteiger partial charge in [0.15, 0.2) is 0 Å². The number of likely N-dealkylation sites (N-methyl/N-ethyl adjacent to an activating group) is 1. The van der Waals surface area contributed by atoms with Crippen molar-refractivity contribution in [3.8, 4) is 0 Å². The number of hydrogen-bond acceptors (Lipinski definition) is 2. The molecule has 172 valence electrons. The van der Waals surface area contributed by atoms with Gasteiger partial charge >= 0.3 is 0 Å². The van der Waals surface area contributed by atoms with Crippen molar-refractivity contribution in [2.75, 3.05) is 7.05 Å². The fourth-order valence-corrected chi connectivity index (χ4v) is 4.58. The molecule has 0 aromatic heterocycles. The zero-order valence-electron chi connectivity index (χ0n) is 17.8. The van der Waals surface area contributed by atoms with E-state index in [4.69, 9.17) is 46.4 Å². The van der Waals surface area contributed by atoms with Crippen molar-refractivity contribution in [1.82, 2.24) is 10.2 Å². The van der Waals surface area contributed by atoms with Crippen LogP contribution in [0.3, 0.4) is 0 Å². The highest BCUT2D eigenvalue weighted by atomic mass is 35.5. The average molecular weight is 524 g/mol. The minimum absolute atomic E-state index is 0.0460. The quantitative estimate of drug-likeness (QED) is 0.380. The summed E-state index contributed by atoms with van der Waals surface area (Å²) in [6, 6.07) is 18.9. The van der Waals surface area contributed by atoms with Gasteiger partial charge in [0.25, 0.3) is 0 Å². The first-order valence-electron chi connectivity index (χ1n) is 10.2. The Balaban J connectivity index is 2.03. The zero-order chi connectivity index (χ0) is 24.0. The molecular weight excluding hydrogens is 502 g/mol. The molecule has 2 amide bonds. The fraction of sp³-hybridized carbons (Fsp3) is 0.200. The first-order chi connectivity index (χ1) is 15.8. The third-order valence-corrected chi connectivity index (χ3v) is 6.71. The number of carbonyl (C=O) groups excluding carboxylic acids is 2. The highest BCUT2D eigenvalue weighted by Gasteiger charge is 2.31. The predicted octanol–water partition coefficient (Wildman–Crippen LogP) is 6.23. The number of benzene rings is 3. The lowest BCUT2D eigenvalue weighted by molar-refractivity contribution is -0.140. The number of amides is 2. The summed E-state index contributed by atoms with van der Waals surface area (Å²) in [6.45, 7) is 0.0460. The Labute approximate surface area is 213 Å². The SMILES string of the molecule is CNC(=O)C(Cc1ccccc1)N(Cc1c(Cl)cccc1Cl)C(=O)Cc1c(Cl)cccc1Cl. The largest absolute Gasteiger partial charge is 0.357 e. The Morgan fingerprint density at radius 1 is 0.788 bits per heavy atom. The number of nitrogens with one attached hydrogen (secondary N) is 1. The van der Waals surface area contributed by atoms with Gasteiger partial charge < -0.3 is 10.2 Å². The standard InChI is InChI=1S/C25H22Cl4N2O2/c1-30-25(33)23(13-16-7-3-2-4-8-16)31(15-18-21(28)11-6-12-22(18)29)24(32)14-17-19(26)9-5-10-20(17)27/h2-12,23H,13-15H2,1H3,(H,30,33). The molecular formula is C25H22Cl4N2O2. The molecule has 0 heterocycles. The van der Waals surface area contributed by atoms with Gasteiger partial charge in [0.05, 0.1) is 6.42 Å². The summed E-state index contributed by atoms with van der Waals surface area (Å²) in [7, 11) is 1.54. The molecule has 0 aliphatic carbocycles. The molecule has 3 rings (SSSR count). The maximum Gasteiger partial charge on any atom is 0.242 e. The van der Waals surface area contributed by atoms with Crippen molar-refractivity contribution in [3.63, 3.8) is 0 Å². The second kappa shape index (κ2) is 11.8. The second-order valence-corrected chi connectivity index (χ2v) is 9.05. The average Bonchev–Trinajstić information content (AvgIpc) is 2.80. The smallest absolute Gasteiger partial charge is 0.242 e. The molecule has 1 atom stereocenters. The van der Waals surface area contributed by atoms with E-state index in [9.17, 15) is 9.59 Å². The lowest BCUT2D eigenvalue weighted by atomic mass is 10.0. The Hall–Kier alpha value is -2.24. The lowest BCUT2D eigenvalue weighted by Crippen LogP contribution is -2.50. The van der Waals surface area contributed by atoms with Gasteiger partial charge in [-0.3, -0.25) is 9.59 Å². The summed E-state index contributed by atoms with van der Waals surface area (Å²) in [5, 5.41) is 4.25. The summed E-state index contributed by atoms with van der Waals surface area (Å²) < 4.78 is 0. The monoisotopic (exact) mass is 522 g/mol.